The Hall–Kier alpha value is -3.99. The molecule has 164 valence electrons. The van der Waals surface area contributed by atoms with Gasteiger partial charge in [-0.3, -0.25) is 14.5 Å². The normalized spacial score (nSPS) is 17.6. The van der Waals surface area contributed by atoms with Crippen LogP contribution in [-0.4, -0.2) is 51.3 Å². The number of nitrogens with one attached hydrogen (secondary N) is 1. The van der Waals surface area contributed by atoms with Gasteiger partial charge in [-0.1, -0.05) is 17.9 Å². The van der Waals surface area contributed by atoms with E-state index in [1.807, 2.05) is 36.4 Å². The molecular formula is C24H23N3O5. The summed E-state index contributed by atoms with van der Waals surface area (Å²) in [5.41, 5.74) is 2.25. The van der Waals surface area contributed by atoms with Crippen LogP contribution in [0.2, 0.25) is 0 Å². The van der Waals surface area contributed by atoms with E-state index in [0.29, 0.717) is 25.4 Å². The highest BCUT2D eigenvalue weighted by Gasteiger charge is 2.35. The second-order valence-corrected chi connectivity index (χ2v) is 7.44. The highest BCUT2D eigenvalue weighted by molar-refractivity contribution is 6.00. The van der Waals surface area contributed by atoms with Gasteiger partial charge in [-0.15, -0.1) is 0 Å². The Morgan fingerprint density at radius 2 is 1.97 bits per heavy atom. The van der Waals surface area contributed by atoms with Crippen LogP contribution in [-0.2, 0) is 14.3 Å². The van der Waals surface area contributed by atoms with Crippen molar-refractivity contribution in [3.8, 4) is 17.6 Å². The molecule has 2 aliphatic rings. The van der Waals surface area contributed by atoms with Gasteiger partial charge in [0.2, 0.25) is 11.8 Å². The molecule has 2 fully saturated rings. The van der Waals surface area contributed by atoms with Crippen molar-refractivity contribution in [3.05, 3.63) is 54.1 Å². The maximum Gasteiger partial charge on any atom is 0.414 e. The maximum atomic E-state index is 12.5. The Morgan fingerprint density at radius 3 is 2.69 bits per heavy atom. The molecule has 0 spiro atoms. The molecule has 2 aromatic carbocycles. The summed E-state index contributed by atoms with van der Waals surface area (Å²) in [5, 5.41) is 2.79. The van der Waals surface area contributed by atoms with Crippen LogP contribution in [0.3, 0.4) is 0 Å². The molecule has 0 aromatic heterocycles. The van der Waals surface area contributed by atoms with Crippen molar-refractivity contribution < 1.29 is 23.9 Å². The Morgan fingerprint density at radius 1 is 1.16 bits per heavy atom. The van der Waals surface area contributed by atoms with Crippen LogP contribution in [0.5, 0.6) is 5.75 Å². The van der Waals surface area contributed by atoms with Crippen LogP contribution >= 0.6 is 0 Å². The molecule has 3 amide bonds. The van der Waals surface area contributed by atoms with Crippen molar-refractivity contribution >= 4 is 29.3 Å². The average molecular weight is 433 g/mol. The molecule has 8 heteroatoms. The molecule has 0 aliphatic carbocycles. The van der Waals surface area contributed by atoms with Crippen molar-refractivity contribution in [2.75, 3.05) is 43.2 Å². The van der Waals surface area contributed by atoms with Gasteiger partial charge < -0.3 is 19.7 Å². The largest absolute Gasteiger partial charge is 0.497 e. The summed E-state index contributed by atoms with van der Waals surface area (Å²) in [6.07, 6.45) is -0.182. The number of methoxy groups -OCH3 is 1. The fourth-order valence-corrected chi connectivity index (χ4v) is 3.69. The van der Waals surface area contributed by atoms with E-state index in [1.165, 1.54) is 0 Å². The van der Waals surface area contributed by atoms with Gasteiger partial charge in [0, 0.05) is 36.0 Å². The zero-order valence-corrected chi connectivity index (χ0v) is 17.7. The van der Waals surface area contributed by atoms with Crippen LogP contribution in [0.15, 0.2) is 48.5 Å². The van der Waals surface area contributed by atoms with Gasteiger partial charge in [-0.2, -0.15) is 0 Å². The second-order valence-electron chi connectivity index (χ2n) is 7.44. The van der Waals surface area contributed by atoms with Crippen LogP contribution in [0.1, 0.15) is 12.0 Å². The van der Waals surface area contributed by atoms with Gasteiger partial charge in [0.1, 0.15) is 12.4 Å². The lowest BCUT2D eigenvalue weighted by atomic mass is 10.1. The topological polar surface area (TPSA) is 88.2 Å². The minimum atomic E-state index is -0.421. The quantitative estimate of drug-likeness (QED) is 0.731. The number of benzene rings is 2. The average Bonchev–Trinajstić information content (AvgIpc) is 3.42. The first-order valence-corrected chi connectivity index (χ1v) is 10.3. The molecule has 0 saturated carbocycles. The molecule has 1 N–H and O–H groups in total. The predicted molar refractivity (Wildman–Crippen MR) is 118 cm³/mol. The molecule has 1 atom stereocenters. The van der Waals surface area contributed by atoms with Gasteiger partial charge in [0.05, 0.1) is 26.1 Å². The summed E-state index contributed by atoms with van der Waals surface area (Å²) in [6.45, 7) is 1.44. The molecule has 2 aromatic rings. The Kier molecular flexibility index (Phi) is 6.26. The third-order valence-corrected chi connectivity index (χ3v) is 5.38. The number of carbonyl (C=O) groups is 3. The fraction of sp³-hybridized carbons (Fsp3) is 0.292. The highest BCUT2D eigenvalue weighted by atomic mass is 16.6. The lowest BCUT2D eigenvalue weighted by Crippen LogP contribution is -2.33. The third-order valence-electron chi connectivity index (χ3n) is 5.38. The van der Waals surface area contributed by atoms with E-state index >= 15 is 0 Å². The number of cyclic esters (lactones) is 1. The lowest BCUT2D eigenvalue weighted by molar-refractivity contribution is -0.126. The molecule has 8 nitrogen and oxygen atoms in total. The number of amides is 3. The first kappa shape index (κ1) is 21.2. The second kappa shape index (κ2) is 9.43. The zero-order chi connectivity index (χ0) is 22.5. The van der Waals surface area contributed by atoms with Crippen LogP contribution in [0, 0.1) is 17.8 Å². The number of anilines is 2. The molecule has 2 aliphatic heterocycles. The first-order chi connectivity index (χ1) is 15.5. The number of ether oxygens (including phenoxy) is 2. The Labute approximate surface area is 186 Å². The van der Waals surface area contributed by atoms with E-state index < -0.39 is 5.92 Å². The van der Waals surface area contributed by atoms with Gasteiger partial charge in [-0.25, -0.2) is 4.79 Å². The van der Waals surface area contributed by atoms with Crippen LogP contribution in [0.4, 0.5) is 16.2 Å². The highest BCUT2D eigenvalue weighted by Crippen LogP contribution is 2.28. The Bertz CT molecular complexity index is 1090. The van der Waals surface area contributed by atoms with Crippen molar-refractivity contribution in [1.82, 2.24) is 5.32 Å². The van der Waals surface area contributed by atoms with Gasteiger partial charge in [-0.05, 0) is 36.4 Å². The summed E-state index contributed by atoms with van der Waals surface area (Å²) in [5.74, 6) is 5.86. The predicted octanol–water partition coefficient (Wildman–Crippen LogP) is 2.17. The van der Waals surface area contributed by atoms with Gasteiger partial charge in [0.25, 0.3) is 0 Å². The monoisotopic (exact) mass is 433 g/mol. The maximum absolute atomic E-state index is 12.5. The summed E-state index contributed by atoms with van der Waals surface area (Å²) < 4.78 is 10.1. The number of carbonyl (C=O) groups excluding carboxylic acids is 3. The van der Waals surface area contributed by atoms with Crippen molar-refractivity contribution in [1.29, 1.82) is 0 Å². The van der Waals surface area contributed by atoms with Crippen molar-refractivity contribution in [2.45, 2.75) is 6.42 Å². The number of rotatable bonds is 5. The van der Waals surface area contributed by atoms with E-state index in [-0.39, 0.29) is 30.9 Å². The number of nitrogens with zero attached hydrogens (tertiary/aromatic N) is 2. The van der Waals surface area contributed by atoms with E-state index in [9.17, 15) is 14.4 Å². The first-order valence-electron chi connectivity index (χ1n) is 10.3. The fourth-order valence-electron chi connectivity index (χ4n) is 3.69. The minimum absolute atomic E-state index is 0.0912. The molecule has 2 heterocycles. The molecule has 2 saturated heterocycles. The summed E-state index contributed by atoms with van der Waals surface area (Å²) in [7, 11) is 1.57. The summed E-state index contributed by atoms with van der Waals surface area (Å²) in [4.78, 5) is 39.7. The molecule has 1 unspecified atom stereocenters. The van der Waals surface area contributed by atoms with E-state index in [0.717, 1.165) is 16.9 Å². The molecule has 4 rings (SSSR count). The van der Waals surface area contributed by atoms with Gasteiger partial charge in [0.15, 0.2) is 0 Å². The molecule has 0 radical (unpaired) electrons. The van der Waals surface area contributed by atoms with Crippen molar-refractivity contribution in [2.24, 2.45) is 5.92 Å². The number of hydrogen-bond acceptors (Lipinski definition) is 5. The van der Waals surface area contributed by atoms with Crippen LogP contribution in [0.25, 0.3) is 0 Å². The summed E-state index contributed by atoms with van der Waals surface area (Å²) >= 11 is 0. The SMILES string of the molecule is COc1cccc(N2CC(C(=O)NCC#Cc3ccc(N4CCOC4=O)cc3)CC2=O)c1. The molecular weight excluding hydrogens is 410 g/mol. The standard InChI is InChI=1S/C24H23N3O5/c1-31-21-6-2-5-20(15-21)27-16-18(14-22(27)28)23(29)25-11-3-4-17-7-9-19(10-8-17)26-12-13-32-24(26)30/h2,5-10,15,18H,11-14,16H2,1H3,(H,25,29). The summed E-state index contributed by atoms with van der Waals surface area (Å²) in [6, 6.07) is 14.5. The Balaban J connectivity index is 1.29. The number of hydrogen-bond donors (Lipinski definition) is 1. The minimum Gasteiger partial charge on any atom is -0.497 e. The van der Waals surface area contributed by atoms with Crippen LogP contribution < -0.4 is 19.9 Å². The van der Waals surface area contributed by atoms with E-state index in [2.05, 4.69) is 17.2 Å². The third kappa shape index (κ3) is 4.67. The molecule has 32 heavy (non-hydrogen) atoms. The lowest BCUT2D eigenvalue weighted by Gasteiger charge is -2.17. The smallest absolute Gasteiger partial charge is 0.414 e. The van der Waals surface area contributed by atoms with Gasteiger partial charge >= 0.3 is 6.09 Å². The van der Waals surface area contributed by atoms with E-state index in [1.54, 1.807) is 29.0 Å². The van der Waals surface area contributed by atoms with Crippen molar-refractivity contribution in [3.63, 3.8) is 0 Å². The molecule has 0 bridgehead atoms. The zero-order valence-electron chi connectivity index (χ0n) is 17.7. The van der Waals surface area contributed by atoms with E-state index in [4.69, 9.17) is 9.47 Å².